The quantitative estimate of drug-likeness (QED) is 0.713. The van der Waals surface area contributed by atoms with E-state index in [1.165, 1.54) is 19.2 Å². The lowest BCUT2D eigenvalue weighted by molar-refractivity contribution is 0.417. The van der Waals surface area contributed by atoms with E-state index in [2.05, 4.69) is 9.71 Å². The van der Waals surface area contributed by atoms with E-state index in [0.717, 1.165) is 11.3 Å². The lowest BCUT2D eigenvalue weighted by Crippen LogP contribution is -2.12. The number of aryl methyl sites for hydroxylation is 1. The maximum atomic E-state index is 12.6. The van der Waals surface area contributed by atoms with Crippen molar-refractivity contribution in [1.82, 2.24) is 4.98 Å². The zero-order chi connectivity index (χ0) is 17.3. The van der Waals surface area contributed by atoms with Crippen molar-refractivity contribution in [3.8, 4) is 16.4 Å². The molecule has 24 heavy (non-hydrogen) atoms. The van der Waals surface area contributed by atoms with Gasteiger partial charge in [0.15, 0.2) is 11.7 Å². The van der Waals surface area contributed by atoms with Gasteiger partial charge in [0, 0.05) is 11.9 Å². The molecular formula is C15H13ClN2O4S2. The van der Waals surface area contributed by atoms with Gasteiger partial charge in [-0.25, -0.2) is 13.4 Å². The van der Waals surface area contributed by atoms with Gasteiger partial charge in [-0.05, 0) is 30.3 Å². The van der Waals surface area contributed by atoms with E-state index in [1.807, 2.05) is 0 Å². The number of sulfonamides is 1. The Bertz CT molecular complexity index is 979. The number of aromatic nitrogens is 1. The molecule has 0 unspecified atom stereocenters. The number of benzene rings is 1. The highest BCUT2D eigenvalue weighted by atomic mass is 35.5. The number of hydrogen-bond acceptors (Lipinski definition) is 6. The van der Waals surface area contributed by atoms with Gasteiger partial charge in [0.05, 0.1) is 23.9 Å². The van der Waals surface area contributed by atoms with Crippen LogP contribution in [0.1, 0.15) is 5.89 Å². The number of anilines is 1. The Morgan fingerprint density at radius 1 is 1.29 bits per heavy atom. The molecular weight excluding hydrogens is 372 g/mol. The van der Waals surface area contributed by atoms with Crippen LogP contribution in [0.25, 0.3) is 10.6 Å². The molecule has 0 fully saturated rings. The Morgan fingerprint density at radius 3 is 2.75 bits per heavy atom. The second-order valence-electron chi connectivity index (χ2n) is 4.81. The summed E-state index contributed by atoms with van der Waals surface area (Å²) in [6.07, 6.45) is 1.56. The molecule has 0 aliphatic heterocycles. The van der Waals surface area contributed by atoms with Crippen LogP contribution in [0.4, 0.5) is 5.69 Å². The summed E-state index contributed by atoms with van der Waals surface area (Å²) in [5.74, 6) is 1.43. The summed E-state index contributed by atoms with van der Waals surface area (Å²) < 4.78 is 38.4. The second-order valence-corrected chi connectivity index (χ2v) is 8.24. The lowest BCUT2D eigenvalue weighted by Gasteiger charge is -2.11. The zero-order valence-electron chi connectivity index (χ0n) is 12.7. The molecule has 2 aromatic heterocycles. The van der Waals surface area contributed by atoms with E-state index in [0.29, 0.717) is 27.3 Å². The first-order valence-corrected chi connectivity index (χ1v) is 9.46. The van der Waals surface area contributed by atoms with Crippen molar-refractivity contribution >= 4 is 38.6 Å². The molecule has 0 aliphatic rings. The maximum absolute atomic E-state index is 12.6. The van der Waals surface area contributed by atoms with Crippen LogP contribution in [0.5, 0.6) is 5.75 Å². The van der Waals surface area contributed by atoms with Crippen LogP contribution in [0.3, 0.4) is 0 Å². The third-order valence-corrected chi connectivity index (χ3v) is 6.31. The van der Waals surface area contributed by atoms with E-state index < -0.39 is 10.0 Å². The number of nitrogens with zero attached hydrogens (tertiary/aromatic N) is 1. The number of rotatable bonds is 5. The highest BCUT2D eigenvalue weighted by Crippen LogP contribution is 2.34. The molecule has 0 amide bonds. The van der Waals surface area contributed by atoms with Crippen LogP contribution in [-0.4, -0.2) is 20.5 Å². The van der Waals surface area contributed by atoms with Crippen molar-refractivity contribution in [2.24, 2.45) is 0 Å². The highest BCUT2D eigenvalue weighted by molar-refractivity contribution is 7.94. The number of ether oxygens (including phenoxy) is 1. The van der Waals surface area contributed by atoms with Crippen LogP contribution in [0.15, 0.2) is 45.2 Å². The van der Waals surface area contributed by atoms with Gasteiger partial charge in [0.2, 0.25) is 0 Å². The Balaban J connectivity index is 1.92. The first-order valence-electron chi connectivity index (χ1n) is 6.78. The number of thiophene rings is 1. The SMILES string of the molecule is COc1ccc(Cl)cc1NS(=O)(=O)c1ccc(-c2cnc(C)o2)s1. The lowest BCUT2D eigenvalue weighted by atomic mass is 10.3. The minimum Gasteiger partial charge on any atom is -0.495 e. The third-order valence-electron chi connectivity index (χ3n) is 3.12. The van der Waals surface area contributed by atoms with E-state index in [4.69, 9.17) is 20.8 Å². The Kier molecular flexibility index (Phi) is 4.53. The summed E-state index contributed by atoms with van der Waals surface area (Å²) >= 11 is 7.01. The maximum Gasteiger partial charge on any atom is 0.271 e. The number of oxazole rings is 1. The van der Waals surface area contributed by atoms with Crippen LogP contribution in [0.2, 0.25) is 5.02 Å². The second kappa shape index (κ2) is 6.46. The van der Waals surface area contributed by atoms with Crippen LogP contribution in [0, 0.1) is 6.92 Å². The minimum atomic E-state index is -3.78. The van der Waals surface area contributed by atoms with E-state index >= 15 is 0 Å². The molecule has 0 radical (unpaired) electrons. The van der Waals surface area contributed by atoms with Gasteiger partial charge >= 0.3 is 0 Å². The van der Waals surface area contributed by atoms with Gasteiger partial charge in [-0.15, -0.1) is 11.3 Å². The molecule has 0 aliphatic carbocycles. The average Bonchev–Trinajstić information content (AvgIpc) is 3.16. The third kappa shape index (κ3) is 3.40. The van der Waals surface area contributed by atoms with E-state index in [1.54, 1.807) is 31.3 Å². The largest absolute Gasteiger partial charge is 0.495 e. The summed E-state index contributed by atoms with van der Waals surface area (Å²) in [5.41, 5.74) is 0.274. The fraction of sp³-hybridized carbons (Fsp3) is 0.133. The van der Waals surface area contributed by atoms with Crippen molar-refractivity contribution in [2.45, 2.75) is 11.1 Å². The van der Waals surface area contributed by atoms with Gasteiger partial charge in [-0.3, -0.25) is 4.72 Å². The molecule has 3 aromatic rings. The first-order chi connectivity index (χ1) is 11.4. The number of hydrogen-bond donors (Lipinski definition) is 1. The predicted octanol–water partition coefficient (Wildman–Crippen LogP) is 4.17. The average molecular weight is 385 g/mol. The highest BCUT2D eigenvalue weighted by Gasteiger charge is 2.20. The minimum absolute atomic E-state index is 0.147. The summed E-state index contributed by atoms with van der Waals surface area (Å²) in [7, 11) is -2.32. The van der Waals surface area contributed by atoms with Crippen molar-refractivity contribution in [2.75, 3.05) is 11.8 Å². The van der Waals surface area contributed by atoms with Crippen molar-refractivity contribution in [3.63, 3.8) is 0 Å². The standard InChI is InChI=1S/C15H13ClN2O4S2/c1-9-17-8-13(22-9)14-5-6-15(23-14)24(19,20)18-11-7-10(16)3-4-12(11)21-2/h3-8,18H,1-2H3. The Labute approximate surface area is 148 Å². The molecule has 3 rings (SSSR count). The monoisotopic (exact) mass is 384 g/mol. The zero-order valence-corrected chi connectivity index (χ0v) is 15.1. The summed E-state index contributed by atoms with van der Waals surface area (Å²) in [6, 6.07) is 7.89. The molecule has 0 saturated heterocycles. The predicted molar refractivity (Wildman–Crippen MR) is 93.4 cm³/mol. The topological polar surface area (TPSA) is 81.4 Å². The summed E-state index contributed by atoms with van der Waals surface area (Å²) in [4.78, 5) is 4.68. The molecule has 1 aromatic carbocycles. The van der Waals surface area contributed by atoms with Crippen LogP contribution >= 0.6 is 22.9 Å². The van der Waals surface area contributed by atoms with Gasteiger partial charge < -0.3 is 9.15 Å². The smallest absolute Gasteiger partial charge is 0.271 e. The fourth-order valence-corrected chi connectivity index (χ4v) is 4.51. The van der Waals surface area contributed by atoms with Gasteiger partial charge in [0.1, 0.15) is 9.96 Å². The Hall–Kier alpha value is -2.03. The molecule has 0 atom stereocenters. The van der Waals surface area contributed by atoms with Crippen molar-refractivity contribution in [3.05, 3.63) is 47.4 Å². The van der Waals surface area contributed by atoms with Gasteiger partial charge in [-0.2, -0.15) is 0 Å². The number of halogens is 1. The summed E-state index contributed by atoms with van der Waals surface area (Å²) in [6.45, 7) is 1.72. The van der Waals surface area contributed by atoms with Crippen LogP contribution in [-0.2, 0) is 10.0 Å². The number of methoxy groups -OCH3 is 1. The van der Waals surface area contributed by atoms with Crippen LogP contribution < -0.4 is 9.46 Å². The first kappa shape index (κ1) is 16.8. The fourth-order valence-electron chi connectivity index (χ4n) is 2.03. The Morgan fingerprint density at radius 2 is 2.08 bits per heavy atom. The molecule has 1 N–H and O–H groups in total. The van der Waals surface area contributed by atoms with Gasteiger partial charge in [-0.1, -0.05) is 11.6 Å². The van der Waals surface area contributed by atoms with E-state index in [-0.39, 0.29) is 9.90 Å². The van der Waals surface area contributed by atoms with Crippen molar-refractivity contribution < 1.29 is 17.6 Å². The molecule has 0 spiro atoms. The summed E-state index contributed by atoms with van der Waals surface area (Å²) in [5, 5.41) is 0.400. The molecule has 0 bridgehead atoms. The van der Waals surface area contributed by atoms with Crippen molar-refractivity contribution in [1.29, 1.82) is 0 Å². The molecule has 6 nitrogen and oxygen atoms in total. The molecule has 2 heterocycles. The van der Waals surface area contributed by atoms with Gasteiger partial charge in [0.25, 0.3) is 10.0 Å². The van der Waals surface area contributed by atoms with E-state index in [9.17, 15) is 8.42 Å². The molecule has 126 valence electrons. The normalized spacial score (nSPS) is 11.5. The number of nitrogens with one attached hydrogen (secondary N) is 1. The molecule has 0 saturated carbocycles. The molecule has 9 heteroatoms.